The molecule has 0 saturated carbocycles. The minimum Gasteiger partial charge on any atom is -0.399 e. The number of aromatic nitrogens is 4. The Hall–Kier alpha value is -3.19. The molecule has 0 unspecified atom stereocenters. The van der Waals surface area contributed by atoms with Gasteiger partial charge in [-0.05, 0) is 46.4 Å². The molecule has 0 fully saturated rings. The van der Waals surface area contributed by atoms with Crippen LogP contribution in [0.15, 0.2) is 48.7 Å². The van der Waals surface area contributed by atoms with Crippen molar-refractivity contribution in [3.8, 4) is 17.3 Å². The van der Waals surface area contributed by atoms with Crippen molar-refractivity contribution in [3.05, 3.63) is 63.4 Å². The van der Waals surface area contributed by atoms with E-state index in [1.807, 2.05) is 36.4 Å². The standard InChI is InChI=1S/C19H14IN7/c20-16-12(8-21)2-1-3-14(16)17-15-9-24-27(18(15)26-19(23)25-17)10-11-4-6-13(22)7-5-11/h1-7,9H,10,22H2,(H2,23,25,26). The number of fused-ring (bicyclic) bond motifs is 1. The van der Waals surface area contributed by atoms with E-state index in [2.05, 4.69) is 43.7 Å². The molecule has 7 nitrogen and oxygen atoms in total. The van der Waals surface area contributed by atoms with Gasteiger partial charge < -0.3 is 11.5 Å². The quantitative estimate of drug-likeness (QED) is 0.353. The zero-order chi connectivity index (χ0) is 19.0. The molecule has 4 N–H and O–H groups in total. The lowest BCUT2D eigenvalue weighted by Crippen LogP contribution is -2.05. The second-order valence-corrected chi connectivity index (χ2v) is 7.07. The lowest BCUT2D eigenvalue weighted by atomic mass is 10.1. The first-order valence-electron chi connectivity index (χ1n) is 8.09. The third kappa shape index (κ3) is 3.17. The van der Waals surface area contributed by atoms with E-state index in [9.17, 15) is 5.26 Å². The van der Waals surface area contributed by atoms with Crippen LogP contribution in [0.1, 0.15) is 11.1 Å². The minimum absolute atomic E-state index is 0.162. The van der Waals surface area contributed by atoms with Crippen LogP contribution in [-0.4, -0.2) is 19.7 Å². The van der Waals surface area contributed by atoms with Gasteiger partial charge in [0.1, 0.15) is 6.07 Å². The average Bonchev–Trinajstić information content (AvgIpc) is 3.06. The first-order valence-corrected chi connectivity index (χ1v) is 9.17. The SMILES string of the molecule is N#Cc1cccc(-c2nc(N)nc3c2cnn3Cc2ccc(N)cc2)c1I. The van der Waals surface area contributed by atoms with Crippen molar-refractivity contribution in [2.24, 2.45) is 0 Å². The summed E-state index contributed by atoms with van der Waals surface area (Å²) in [6.07, 6.45) is 1.73. The number of nitrogens with zero attached hydrogens (tertiary/aromatic N) is 5. The van der Waals surface area contributed by atoms with E-state index < -0.39 is 0 Å². The topological polar surface area (TPSA) is 119 Å². The van der Waals surface area contributed by atoms with Crippen molar-refractivity contribution in [1.82, 2.24) is 19.7 Å². The van der Waals surface area contributed by atoms with Crippen LogP contribution in [0.2, 0.25) is 0 Å². The summed E-state index contributed by atoms with van der Waals surface area (Å²) in [6.45, 7) is 0.537. The lowest BCUT2D eigenvalue weighted by molar-refractivity contribution is 0.704. The Morgan fingerprint density at radius 2 is 1.85 bits per heavy atom. The van der Waals surface area contributed by atoms with Crippen LogP contribution < -0.4 is 11.5 Å². The Kier molecular flexibility index (Phi) is 4.37. The van der Waals surface area contributed by atoms with E-state index in [1.165, 1.54) is 0 Å². The Labute approximate surface area is 168 Å². The highest BCUT2D eigenvalue weighted by Crippen LogP contribution is 2.31. The molecule has 132 valence electrons. The molecule has 0 aliphatic rings. The van der Waals surface area contributed by atoms with E-state index in [0.717, 1.165) is 20.1 Å². The van der Waals surface area contributed by atoms with Gasteiger partial charge in [-0.15, -0.1) is 0 Å². The summed E-state index contributed by atoms with van der Waals surface area (Å²) in [5, 5.41) is 14.6. The predicted molar refractivity (Wildman–Crippen MR) is 113 cm³/mol. The molecule has 8 heteroatoms. The number of hydrogen-bond donors (Lipinski definition) is 2. The van der Waals surface area contributed by atoms with Gasteiger partial charge in [-0.2, -0.15) is 15.3 Å². The summed E-state index contributed by atoms with van der Waals surface area (Å²) >= 11 is 2.15. The number of anilines is 2. The first-order chi connectivity index (χ1) is 13.1. The fraction of sp³-hybridized carbons (Fsp3) is 0.0526. The molecule has 0 radical (unpaired) electrons. The Morgan fingerprint density at radius 1 is 1.07 bits per heavy atom. The van der Waals surface area contributed by atoms with Crippen LogP contribution in [-0.2, 0) is 6.54 Å². The molecule has 0 aliphatic carbocycles. The molecule has 0 aliphatic heterocycles. The molecule has 0 saturated heterocycles. The zero-order valence-corrected chi connectivity index (χ0v) is 16.3. The van der Waals surface area contributed by atoms with Crippen molar-refractivity contribution in [3.63, 3.8) is 0 Å². The second kappa shape index (κ2) is 6.85. The number of benzene rings is 2. The number of nitriles is 1. The fourth-order valence-electron chi connectivity index (χ4n) is 2.89. The van der Waals surface area contributed by atoms with Gasteiger partial charge in [-0.1, -0.05) is 24.3 Å². The van der Waals surface area contributed by atoms with Crippen LogP contribution >= 0.6 is 22.6 Å². The van der Waals surface area contributed by atoms with E-state index in [4.69, 9.17) is 11.5 Å². The van der Waals surface area contributed by atoms with Crippen molar-refractivity contribution >= 4 is 45.3 Å². The summed E-state index contributed by atoms with van der Waals surface area (Å²) in [6, 6.07) is 15.3. The maximum atomic E-state index is 9.31. The summed E-state index contributed by atoms with van der Waals surface area (Å²) in [5.41, 5.74) is 16.2. The third-order valence-corrected chi connectivity index (χ3v) is 5.36. The zero-order valence-electron chi connectivity index (χ0n) is 14.1. The maximum absolute atomic E-state index is 9.31. The molecule has 0 spiro atoms. The van der Waals surface area contributed by atoms with Crippen molar-refractivity contribution in [2.75, 3.05) is 11.5 Å². The lowest BCUT2D eigenvalue weighted by Gasteiger charge is -2.08. The van der Waals surface area contributed by atoms with Gasteiger partial charge in [0, 0.05) is 14.8 Å². The second-order valence-electron chi connectivity index (χ2n) is 5.99. The van der Waals surface area contributed by atoms with Crippen molar-refractivity contribution < 1.29 is 0 Å². The maximum Gasteiger partial charge on any atom is 0.222 e. The largest absolute Gasteiger partial charge is 0.399 e. The summed E-state index contributed by atoms with van der Waals surface area (Å²) < 4.78 is 2.60. The monoisotopic (exact) mass is 467 g/mol. The van der Waals surface area contributed by atoms with Gasteiger partial charge in [0.15, 0.2) is 5.65 Å². The number of nitrogen functional groups attached to an aromatic ring is 2. The van der Waals surface area contributed by atoms with Gasteiger partial charge in [0.2, 0.25) is 5.95 Å². The Bertz CT molecular complexity index is 1190. The molecule has 0 atom stereocenters. The number of nitrogens with two attached hydrogens (primary N) is 2. The van der Waals surface area contributed by atoms with E-state index in [-0.39, 0.29) is 5.95 Å². The van der Waals surface area contributed by atoms with E-state index in [0.29, 0.717) is 29.1 Å². The van der Waals surface area contributed by atoms with E-state index in [1.54, 1.807) is 16.9 Å². The number of halogens is 1. The van der Waals surface area contributed by atoms with E-state index >= 15 is 0 Å². The molecular weight excluding hydrogens is 453 g/mol. The van der Waals surface area contributed by atoms with Gasteiger partial charge in [-0.25, -0.2) is 9.67 Å². The van der Waals surface area contributed by atoms with Gasteiger partial charge in [0.05, 0.1) is 29.4 Å². The molecule has 2 heterocycles. The molecule has 4 rings (SSSR count). The number of rotatable bonds is 3. The Balaban J connectivity index is 1.86. The molecule has 0 amide bonds. The van der Waals surface area contributed by atoms with Crippen LogP contribution in [0.3, 0.4) is 0 Å². The predicted octanol–water partition coefficient (Wildman–Crippen LogP) is 3.18. The first kappa shape index (κ1) is 17.2. The number of hydrogen-bond acceptors (Lipinski definition) is 6. The molecule has 0 bridgehead atoms. The van der Waals surface area contributed by atoms with Crippen LogP contribution in [0.4, 0.5) is 11.6 Å². The molecule has 27 heavy (non-hydrogen) atoms. The van der Waals surface area contributed by atoms with Gasteiger partial charge in [0.25, 0.3) is 0 Å². The fourth-order valence-corrected chi connectivity index (χ4v) is 3.63. The normalized spacial score (nSPS) is 10.8. The van der Waals surface area contributed by atoms with Crippen molar-refractivity contribution in [2.45, 2.75) is 6.54 Å². The van der Waals surface area contributed by atoms with Crippen LogP contribution in [0, 0.1) is 14.9 Å². The highest BCUT2D eigenvalue weighted by Gasteiger charge is 2.17. The van der Waals surface area contributed by atoms with Crippen LogP contribution in [0.25, 0.3) is 22.3 Å². The highest BCUT2D eigenvalue weighted by molar-refractivity contribution is 14.1. The van der Waals surface area contributed by atoms with Crippen molar-refractivity contribution in [1.29, 1.82) is 5.26 Å². The van der Waals surface area contributed by atoms with Crippen LogP contribution in [0.5, 0.6) is 0 Å². The van der Waals surface area contributed by atoms with Gasteiger partial charge in [-0.3, -0.25) is 0 Å². The van der Waals surface area contributed by atoms with Gasteiger partial charge >= 0.3 is 0 Å². The smallest absolute Gasteiger partial charge is 0.222 e. The summed E-state index contributed by atoms with van der Waals surface area (Å²) in [5.74, 6) is 0.162. The molecular formula is C19H14IN7. The molecule has 4 aromatic rings. The summed E-state index contributed by atoms with van der Waals surface area (Å²) in [4.78, 5) is 8.81. The molecule has 2 aromatic heterocycles. The minimum atomic E-state index is 0.162. The Morgan fingerprint density at radius 3 is 2.59 bits per heavy atom. The highest BCUT2D eigenvalue weighted by atomic mass is 127. The third-order valence-electron chi connectivity index (χ3n) is 4.20. The summed E-state index contributed by atoms with van der Waals surface area (Å²) in [7, 11) is 0. The molecule has 2 aromatic carbocycles. The average molecular weight is 467 g/mol.